The number of amides is 1. The molecular weight excluding hydrogens is 290 g/mol. The van der Waals surface area contributed by atoms with Crippen molar-refractivity contribution < 1.29 is 17.9 Å². The van der Waals surface area contributed by atoms with Crippen LogP contribution < -0.4 is 10.1 Å². The van der Waals surface area contributed by atoms with E-state index in [4.69, 9.17) is 16.3 Å². The SMILES string of the molecule is CC1(NC(=O)Oc2ccc(Cl)cc2)CCS(=O)(=O)C1. The van der Waals surface area contributed by atoms with E-state index in [9.17, 15) is 13.2 Å². The Bertz CT molecular complexity index is 584. The summed E-state index contributed by atoms with van der Waals surface area (Å²) in [5.74, 6) is 0.381. The minimum absolute atomic E-state index is 0.0598. The first-order valence-corrected chi connectivity index (χ1v) is 7.94. The molecule has 0 radical (unpaired) electrons. The summed E-state index contributed by atoms with van der Waals surface area (Å²) in [5, 5.41) is 3.14. The van der Waals surface area contributed by atoms with Crippen LogP contribution in [-0.2, 0) is 9.84 Å². The minimum Gasteiger partial charge on any atom is -0.410 e. The molecule has 1 saturated heterocycles. The van der Waals surface area contributed by atoms with Gasteiger partial charge in [-0.1, -0.05) is 11.6 Å². The number of halogens is 1. The van der Waals surface area contributed by atoms with Gasteiger partial charge in [-0.15, -0.1) is 0 Å². The van der Waals surface area contributed by atoms with Crippen LogP contribution in [0.3, 0.4) is 0 Å². The van der Waals surface area contributed by atoms with E-state index < -0.39 is 21.5 Å². The number of carbonyl (C=O) groups excluding carboxylic acids is 1. The Morgan fingerprint density at radius 3 is 2.53 bits per heavy atom. The molecule has 1 atom stereocenters. The summed E-state index contributed by atoms with van der Waals surface area (Å²) in [4.78, 5) is 11.7. The van der Waals surface area contributed by atoms with Crippen molar-refractivity contribution >= 4 is 27.5 Å². The van der Waals surface area contributed by atoms with Gasteiger partial charge in [0.05, 0.1) is 17.0 Å². The number of nitrogens with one attached hydrogen (secondary N) is 1. The first-order valence-electron chi connectivity index (χ1n) is 5.74. The Hall–Kier alpha value is -1.27. The largest absolute Gasteiger partial charge is 0.413 e. The number of ether oxygens (including phenoxy) is 1. The molecule has 0 spiro atoms. The third-order valence-corrected chi connectivity index (χ3v) is 5.09. The lowest BCUT2D eigenvalue weighted by atomic mass is 10.0. The molecule has 1 N–H and O–H groups in total. The third-order valence-electron chi connectivity index (χ3n) is 2.93. The van der Waals surface area contributed by atoms with Crippen LogP contribution in [0.5, 0.6) is 5.75 Å². The molecule has 1 amide bonds. The number of benzene rings is 1. The van der Waals surface area contributed by atoms with Gasteiger partial charge >= 0.3 is 6.09 Å². The molecule has 5 nitrogen and oxygen atoms in total. The van der Waals surface area contributed by atoms with Crippen molar-refractivity contribution in [3.8, 4) is 5.75 Å². The molecule has 1 heterocycles. The number of hydrogen-bond donors (Lipinski definition) is 1. The summed E-state index contributed by atoms with van der Waals surface area (Å²) in [6.07, 6.45) is -0.271. The second-order valence-corrected chi connectivity index (χ2v) is 7.49. The van der Waals surface area contributed by atoms with Gasteiger partial charge in [-0.25, -0.2) is 13.2 Å². The Morgan fingerprint density at radius 2 is 2.00 bits per heavy atom. The summed E-state index contributed by atoms with van der Waals surface area (Å²) in [5.41, 5.74) is -0.762. The Balaban J connectivity index is 1.97. The topological polar surface area (TPSA) is 72.5 Å². The van der Waals surface area contributed by atoms with Gasteiger partial charge in [-0.05, 0) is 37.6 Å². The minimum atomic E-state index is -3.07. The molecule has 0 bridgehead atoms. The van der Waals surface area contributed by atoms with Gasteiger partial charge in [0.2, 0.25) is 0 Å². The highest BCUT2D eigenvalue weighted by Gasteiger charge is 2.39. The molecule has 1 fully saturated rings. The fourth-order valence-electron chi connectivity index (χ4n) is 1.99. The molecule has 7 heteroatoms. The van der Waals surface area contributed by atoms with Gasteiger partial charge in [0, 0.05) is 5.02 Å². The monoisotopic (exact) mass is 303 g/mol. The second-order valence-electron chi connectivity index (χ2n) is 4.87. The molecule has 1 aromatic carbocycles. The average molecular weight is 304 g/mol. The number of hydrogen-bond acceptors (Lipinski definition) is 4. The maximum Gasteiger partial charge on any atom is 0.413 e. The van der Waals surface area contributed by atoms with E-state index >= 15 is 0 Å². The summed E-state index contributed by atoms with van der Waals surface area (Å²) < 4.78 is 27.9. The number of carbonyl (C=O) groups is 1. The van der Waals surface area contributed by atoms with Crippen molar-refractivity contribution in [2.75, 3.05) is 11.5 Å². The first-order chi connectivity index (χ1) is 8.78. The molecule has 104 valence electrons. The lowest BCUT2D eigenvalue weighted by Crippen LogP contribution is -2.48. The number of sulfone groups is 1. The summed E-state index contributed by atoms with van der Waals surface area (Å²) >= 11 is 5.72. The zero-order chi connectivity index (χ0) is 14.1. The molecule has 19 heavy (non-hydrogen) atoms. The Labute approximate surface area is 116 Å². The van der Waals surface area contributed by atoms with Crippen LogP contribution in [0.15, 0.2) is 24.3 Å². The van der Waals surface area contributed by atoms with E-state index in [2.05, 4.69) is 5.32 Å². The smallest absolute Gasteiger partial charge is 0.410 e. The van der Waals surface area contributed by atoms with Crippen LogP contribution in [0.2, 0.25) is 5.02 Å². The van der Waals surface area contributed by atoms with Crippen molar-refractivity contribution in [3.63, 3.8) is 0 Å². The summed E-state index contributed by atoms with van der Waals surface area (Å²) in [6, 6.07) is 6.34. The predicted octanol–water partition coefficient (Wildman–Crippen LogP) is 2.01. The maximum atomic E-state index is 11.7. The van der Waals surface area contributed by atoms with Gasteiger partial charge in [-0.3, -0.25) is 0 Å². The Morgan fingerprint density at radius 1 is 1.37 bits per heavy atom. The zero-order valence-corrected chi connectivity index (χ0v) is 11.9. The van der Waals surface area contributed by atoms with Crippen LogP contribution in [-0.4, -0.2) is 31.6 Å². The predicted molar refractivity (Wildman–Crippen MR) is 72.3 cm³/mol. The fraction of sp³-hybridized carbons (Fsp3) is 0.417. The first kappa shape index (κ1) is 14.1. The zero-order valence-electron chi connectivity index (χ0n) is 10.3. The van der Waals surface area contributed by atoms with Gasteiger partial charge in [-0.2, -0.15) is 0 Å². The Kier molecular flexibility index (Phi) is 3.73. The van der Waals surface area contributed by atoms with Crippen LogP contribution >= 0.6 is 11.6 Å². The highest BCUT2D eigenvalue weighted by atomic mass is 35.5. The fourth-order valence-corrected chi connectivity index (χ4v) is 4.21. The molecule has 2 rings (SSSR count). The van der Waals surface area contributed by atoms with Crippen LogP contribution in [0.4, 0.5) is 4.79 Å². The molecule has 1 aromatic rings. The van der Waals surface area contributed by atoms with Gasteiger partial charge < -0.3 is 10.1 Å². The molecule has 1 unspecified atom stereocenters. The molecule has 0 aliphatic carbocycles. The van der Waals surface area contributed by atoms with Crippen LogP contribution in [0.25, 0.3) is 0 Å². The normalized spacial score (nSPS) is 24.9. The van der Waals surface area contributed by atoms with Crippen molar-refractivity contribution in [3.05, 3.63) is 29.3 Å². The quantitative estimate of drug-likeness (QED) is 0.907. The standard InChI is InChI=1S/C12H14ClNO4S/c1-12(6-7-19(16,17)8-12)14-11(15)18-10-4-2-9(13)3-5-10/h2-5H,6-8H2,1H3,(H,14,15). The molecule has 0 aromatic heterocycles. The van der Waals surface area contributed by atoms with E-state index in [0.717, 1.165) is 0 Å². The summed E-state index contributed by atoms with van der Waals surface area (Å²) in [6.45, 7) is 1.70. The van der Waals surface area contributed by atoms with Crippen molar-refractivity contribution in [1.82, 2.24) is 5.32 Å². The van der Waals surface area contributed by atoms with Crippen molar-refractivity contribution in [1.29, 1.82) is 0 Å². The van der Waals surface area contributed by atoms with E-state index in [1.54, 1.807) is 31.2 Å². The highest BCUT2D eigenvalue weighted by molar-refractivity contribution is 7.91. The molecule has 1 aliphatic heterocycles. The van der Waals surface area contributed by atoms with Crippen molar-refractivity contribution in [2.45, 2.75) is 18.9 Å². The second kappa shape index (κ2) is 5.02. The van der Waals surface area contributed by atoms with Crippen LogP contribution in [0.1, 0.15) is 13.3 Å². The summed E-state index contributed by atoms with van der Waals surface area (Å²) in [7, 11) is -3.07. The van der Waals surface area contributed by atoms with E-state index in [1.165, 1.54) is 0 Å². The van der Waals surface area contributed by atoms with E-state index in [-0.39, 0.29) is 11.5 Å². The highest BCUT2D eigenvalue weighted by Crippen LogP contribution is 2.23. The van der Waals surface area contributed by atoms with E-state index in [0.29, 0.717) is 17.2 Å². The molecule has 0 saturated carbocycles. The third kappa shape index (κ3) is 3.84. The average Bonchev–Trinajstić information content (AvgIpc) is 2.56. The maximum absolute atomic E-state index is 11.7. The molecule has 1 aliphatic rings. The van der Waals surface area contributed by atoms with Crippen molar-refractivity contribution in [2.24, 2.45) is 0 Å². The lowest BCUT2D eigenvalue weighted by molar-refractivity contribution is 0.189. The van der Waals surface area contributed by atoms with Crippen LogP contribution in [0, 0.1) is 0 Å². The van der Waals surface area contributed by atoms with Gasteiger partial charge in [0.1, 0.15) is 5.75 Å². The molecular formula is C12H14ClNO4S. The van der Waals surface area contributed by atoms with Gasteiger partial charge in [0.15, 0.2) is 9.84 Å². The van der Waals surface area contributed by atoms with Gasteiger partial charge in [0.25, 0.3) is 0 Å². The lowest BCUT2D eigenvalue weighted by Gasteiger charge is -2.23. The number of rotatable bonds is 2. The van der Waals surface area contributed by atoms with E-state index in [1.807, 2.05) is 0 Å².